The minimum atomic E-state index is -0.557. The van der Waals surface area contributed by atoms with E-state index in [1.54, 1.807) is 0 Å². The Balaban J connectivity index is 1.61. The SMILES string of the molecule is Cc1nnc(SCC(=O)NN=Cc2cc3c(cc2[N+](=O)[O-])OCO3)s1. The topological polar surface area (TPSA) is 129 Å². The zero-order valence-corrected chi connectivity index (χ0v) is 14.4. The second kappa shape index (κ2) is 7.44. The number of carbonyl (C=O) groups is 1. The summed E-state index contributed by atoms with van der Waals surface area (Å²) < 4.78 is 11.0. The van der Waals surface area contributed by atoms with Crippen LogP contribution in [0.1, 0.15) is 10.6 Å². The number of hydrogen-bond acceptors (Lipinski definition) is 10. The van der Waals surface area contributed by atoms with Gasteiger partial charge in [0.2, 0.25) is 6.79 Å². The first-order valence-electron chi connectivity index (χ1n) is 6.86. The van der Waals surface area contributed by atoms with E-state index < -0.39 is 4.92 Å². The summed E-state index contributed by atoms with van der Waals surface area (Å²) in [5, 5.41) is 23.4. The van der Waals surface area contributed by atoms with E-state index in [4.69, 9.17) is 9.47 Å². The van der Waals surface area contributed by atoms with Gasteiger partial charge in [-0.05, 0) is 13.0 Å². The summed E-state index contributed by atoms with van der Waals surface area (Å²) in [7, 11) is 0. The molecule has 2 aromatic rings. The molecule has 0 saturated carbocycles. The van der Waals surface area contributed by atoms with Crippen molar-refractivity contribution in [1.29, 1.82) is 0 Å². The fourth-order valence-electron chi connectivity index (χ4n) is 1.88. The summed E-state index contributed by atoms with van der Waals surface area (Å²) >= 11 is 2.62. The molecule has 0 fully saturated rings. The van der Waals surface area contributed by atoms with Crippen LogP contribution in [0.25, 0.3) is 0 Å². The van der Waals surface area contributed by atoms with Crippen molar-refractivity contribution in [2.24, 2.45) is 5.10 Å². The molecule has 3 rings (SSSR count). The Morgan fingerprint density at radius 3 is 2.92 bits per heavy atom. The maximum absolute atomic E-state index is 11.8. The fraction of sp³-hybridized carbons (Fsp3) is 0.231. The van der Waals surface area contributed by atoms with Crippen molar-refractivity contribution < 1.29 is 19.2 Å². The number of nitrogens with one attached hydrogen (secondary N) is 1. The molecule has 0 bridgehead atoms. The highest BCUT2D eigenvalue weighted by atomic mass is 32.2. The lowest BCUT2D eigenvalue weighted by Crippen LogP contribution is -2.19. The Morgan fingerprint density at radius 1 is 1.48 bits per heavy atom. The van der Waals surface area contributed by atoms with Crippen molar-refractivity contribution in [3.8, 4) is 11.5 Å². The summed E-state index contributed by atoms with van der Waals surface area (Å²) in [5.74, 6) is 0.435. The van der Waals surface area contributed by atoms with Crippen molar-refractivity contribution in [3.63, 3.8) is 0 Å². The Kier molecular flexibility index (Phi) is 5.09. The molecule has 0 saturated heterocycles. The van der Waals surface area contributed by atoms with Crippen LogP contribution >= 0.6 is 23.1 Å². The Bertz CT molecular complexity index is 853. The van der Waals surface area contributed by atoms with Crippen LogP contribution in [0.15, 0.2) is 21.6 Å². The predicted octanol–water partition coefficient (Wildman–Crippen LogP) is 1.73. The number of nitro groups is 1. The van der Waals surface area contributed by atoms with Gasteiger partial charge in [0.25, 0.3) is 11.6 Å². The van der Waals surface area contributed by atoms with E-state index in [1.807, 2.05) is 6.92 Å². The molecule has 1 N–H and O–H groups in total. The van der Waals surface area contributed by atoms with Crippen molar-refractivity contribution >= 4 is 40.9 Å². The number of aromatic nitrogens is 2. The number of rotatable bonds is 6. The third-order valence-electron chi connectivity index (χ3n) is 2.95. The number of carbonyl (C=O) groups excluding carboxylic acids is 1. The number of thioether (sulfide) groups is 1. The number of nitro benzene ring substituents is 1. The average molecular weight is 381 g/mol. The first-order chi connectivity index (χ1) is 12.0. The molecule has 2 heterocycles. The number of hydrazone groups is 1. The van der Waals surface area contributed by atoms with Crippen LogP contribution in [-0.4, -0.2) is 39.8 Å². The van der Waals surface area contributed by atoms with E-state index in [9.17, 15) is 14.9 Å². The Morgan fingerprint density at radius 2 is 2.24 bits per heavy atom. The standard InChI is InChI=1S/C13H11N5O5S2/c1-7-15-17-13(25-7)24-5-12(19)16-14-4-8-2-10-11(23-6-22-10)3-9(8)18(20)21/h2-4H,5-6H2,1H3,(H,16,19). The lowest BCUT2D eigenvalue weighted by molar-refractivity contribution is -0.385. The quantitative estimate of drug-likeness (QED) is 0.347. The van der Waals surface area contributed by atoms with Crippen molar-refractivity contribution in [1.82, 2.24) is 15.6 Å². The second-order valence-electron chi connectivity index (χ2n) is 4.69. The lowest BCUT2D eigenvalue weighted by atomic mass is 10.1. The highest BCUT2D eigenvalue weighted by Crippen LogP contribution is 2.37. The molecule has 0 unspecified atom stereocenters. The maximum Gasteiger partial charge on any atom is 0.282 e. The number of nitrogens with zero attached hydrogens (tertiary/aromatic N) is 4. The van der Waals surface area contributed by atoms with Crippen LogP contribution in [0, 0.1) is 17.0 Å². The number of ether oxygens (including phenoxy) is 2. The predicted molar refractivity (Wildman–Crippen MR) is 90.3 cm³/mol. The number of amides is 1. The minimum absolute atomic E-state index is 0.00608. The molecule has 1 amide bonds. The fourth-order valence-corrected chi connectivity index (χ4v) is 3.49. The van der Waals surface area contributed by atoms with Crippen molar-refractivity contribution in [3.05, 3.63) is 32.8 Å². The highest BCUT2D eigenvalue weighted by molar-refractivity contribution is 8.01. The van der Waals surface area contributed by atoms with Gasteiger partial charge in [0, 0.05) is 0 Å². The van der Waals surface area contributed by atoms with Crippen molar-refractivity contribution in [2.75, 3.05) is 12.5 Å². The molecule has 1 aromatic carbocycles. The van der Waals surface area contributed by atoms with Gasteiger partial charge >= 0.3 is 0 Å². The molecular weight excluding hydrogens is 370 g/mol. The van der Waals surface area contributed by atoms with Gasteiger partial charge < -0.3 is 9.47 Å². The average Bonchev–Trinajstić information content (AvgIpc) is 3.20. The van der Waals surface area contributed by atoms with Crippen LogP contribution < -0.4 is 14.9 Å². The monoisotopic (exact) mass is 381 g/mol. The van der Waals surface area contributed by atoms with E-state index in [0.29, 0.717) is 15.8 Å². The molecule has 10 nitrogen and oxygen atoms in total. The number of hydrogen-bond donors (Lipinski definition) is 1. The van der Waals surface area contributed by atoms with E-state index >= 15 is 0 Å². The van der Waals surface area contributed by atoms with Gasteiger partial charge in [-0.2, -0.15) is 5.10 Å². The Hall–Kier alpha value is -2.73. The largest absolute Gasteiger partial charge is 0.454 e. The smallest absolute Gasteiger partial charge is 0.282 e. The van der Waals surface area contributed by atoms with E-state index in [-0.39, 0.29) is 29.7 Å². The van der Waals surface area contributed by atoms with Crippen LogP contribution in [0.5, 0.6) is 11.5 Å². The first-order valence-corrected chi connectivity index (χ1v) is 8.66. The molecule has 12 heteroatoms. The van der Waals surface area contributed by atoms with Gasteiger partial charge in [0.15, 0.2) is 15.8 Å². The van der Waals surface area contributed by atoms with E-state index in [0.717, 1.165) is 5.01 Å². The van der Waals surface area contributed by atoms with E-state index in [1.165, 1.54) is 41.4 Å². The molecule has 1 aliphatic heterocycles. The van der Waals surface area contributed by atoms with Crippen molar-refractivity contribution in [2.45, 2.75) is 11.3 Å². The van der Waals surface area contributed by atoms with Gasteiger partial charge in [0.1, 0.15) is 5.01 Å². The lowest BCUT2D eigenvalue weighted by Gasteiger charge is -2.01. The highest BCUT2D eigenvalue weighted by Gasteiger charge is 2.22. The zero-order valence-electron chi connectivity index (χ0n) is 12.8. The molecule has 130 valence electrons. The summed E-state index contributed by atoms with van der Waals surface area (Å²) in [6.07, 6.45) is 1.19. The summed E-state index contributed by atoms with van der Waals surface area (Å²) in [6.45, 7) is 1.83. The molecular formula is C13H11N5O5S2. The number of benzene rings is 1. The summed E-state index contributed by atoms with van der Waals surface area (Å²) in [4.78, 5) is 22.3. The first kappa shape index (κ1) is 17.1. The maximum atomic E-state index is 11.8. The van der Waals surface area contributed by atoms with Gasteiger partial charge in [-0.3, -0.25) is 14.9 Å². The van der Waals surface area contributed by atoms with Crippen LogP contribution in [0.2, 0.25) is 0 Å². The third kappa shape index (κ3) is 4.22. The summed E-state index contributed by atoms with van der Waals surface area (Å²) in [5.41, 5.74) is 2.32. The van der Waals surface area contributed by atoms with Gasteiger partial charge in [0.05, 0.1) is 28.5 Å². The molecule has 0 radical (unpaired) electrons. The third-order valence-corrected chi connectivity index (χ3v) is 4.92. The molecule has 0 spiro atoms. The van der Waals surface area contributed by atoms with Crippen LogP contribution in [-0.2, 0) is 4.79 Å². The van der Waals surface area contributed by atoms with E-state index in [2.05, 4.69) is 20.7 Å². The molecule has 1 aromatic heterocycles. The van der Waals surface area contributed by atoms with Gasteiger partial charge in [-0.15, -0.1) is 10.2 Å². The van der Waals surface area contributed by atoms with Crippen LogP contribution in [0.4, 0.5) is 5.69 Å². The molecule has 0 aliphatic carbocycles. The molecule has 25 heavy (non-hydrogen) atoms. The Labute approximate surface area is 149 Å². The number of fused-ring (bicyclic) bond motifs is 1. The summed E-state index contributed by atoms with van der Waals surface area (Å²) in [6, 6.07) is 2.70. The van der Waals surface area contributed by atoms with Crippen LogP contribution in [0.3, 0.4) is 0 Å². The molecule has 0 atom stereocenters. The zero-order chi connectivity index (χ0) is 17.8. The van der Waals surface area contributed by atoms with Gasteiger partial charge in [-0.1, -0.05) is 23.1 Å². The second-order valence-corrected chi connectivity index (χ2v) is 7.09. The van der Waals surface area contributed by atoms with Gasteiger partial charge in [-0.25, -0.2) is 5.43 Å². The normalized spacial score (nSPS) is 12.5. The number of aryl methyl sites for hydroxylation is 1. The molecule has 1 aliphatic rings. The minimum Gasteiger partial charge on any atom is -0.454 e.